The van der Waals surface area contributed by atoms with Gasteiger partial charge in [0.05, 0.1) is 6.61 Å². The Morgan fingerprint density at radius 1 is 1.24 bits per heavy atom. The smallest absolute Gasteiger partial charge is 0.226 e. The van der Waals surface area contributed by atoms with Gasteiger partial charge in [-0.2, -0.15) is 0 Å². The summed E-state index contributed by atoms with van der Waals surface area (Å²) in [6.07, 6.45) is 3.42. The average Bonchev–Trinajstić information content (AvgIpc) is 3.16. The maximum atomic E-state index is 12.9. The van der Waals surface area contributed by atoms with Crippen LogP contribution in [0.15, 0.2) is 30.3 Å². The number of rotatable bonds is 5. The molecule has 1 saturated carbocycles. The topological polar surface area (TPSA) is 32.8 Å². The van der Waals surface area contributed by atoms with E-state index in [0.717, 1.165) is 45.6 Å². The summed E-state index contributed by atoms with van der Waals surface area (Å²) in [6, 6.07) is 11.0. The first kappa shape index (κ1) is 17.0. The molecule has 1 aromatic rings. The molecule has 3 fully saturated rings. The molecule has 2 heterocycles. The summed E-state index contributed by atoms with van der Waals surface area (Å²) < 4.78 is 5.31. The second-order valence-electron chi connectivity index (χ2n) is 8.39. The van der Waals surface area contributed by atoms with Gasteiger partial charge in [0, 0.05) is 44.1 Å². The van der Waals surface area contributed by atoms with Crippen LogP contribution < -0.4 is 0 Å². The van der Waals surface area contributed by atoms with E-state index in [0.29, 0.717) is 23.3 Å². The summed E-state index contributed by atoms with van der Waals surface area (Å²) in [5, 5.41) is 0. The molecule has 136 valence electrons. The van der Waals surface area contributed by atoms with Crippen molar-refractivity contribution in [3.63, 3.8) is 0 Å². The minimum Gasteiger partial charge on any atom is -0.383 e. The van der Waals surface area contributed by atoms with Crippen molar-refractivity contribution in [3.05, 3.63) is 35.9 Å². The summed E-state index contributed by atoms with van der Waals surface area (Å²) in [5.74, 6) is 1.07. The molecule has 4 nitrogen and oxygen atoms in total. The summed E-state index contributed by atoms with van der Waals surface area (Å²) >= 11 is 0. The van der Waals surface area contributed by atoms with E-state index in [1.165, 1.54) is 12.0 Å². The predicted octanol–water partition coefficient (Wildman–Crippen LogP) is 2.75. The Hall–Kier alpha value is -1.39. The minimum absolute atomic E-state index is 0.225. The highest BCUT2D eigenvalue weighted by Gasteiger charge is 2.50. The van der Waals surface area contributed by atoms with Gasteiger partial charge in [-0.3, -0.25) is 9.69 Å². The van der Waals surface area contributed by atoms with Gasteiger partial charge < -0.3 is 9.64 Å². The molecule has 1 spiro atoms. The number of hydrogen-bond acceptors (Lipinski definition) is 3. The van der Waals surface area contributed by atoms with Crippen LogP contribution in [0.1, 0.15) is 37.7 Å². The van der Waals surface area contributed by atoms with Gasteiger partial charge >= 0.3 is 0 Å². The van der Waals surface area contributed by atoms with Crippen molar-refractivity contribution in [1.29, 1.82) is 0 Å². The Morgan fingerprint density at radius 2 is 2.00 bits per heavy atom. The molecule has 2 saturated heterocycles. The number of nitrogens with zero attached hydrogens (tertiary/aromatic N) is 2. The first-order valence-electron chi connectivity index (χ1n) is 9.69. The zero-order valence-electron chi connectivity index (χ0n) is 15.5. The van der Waals surface area contributed by atoms with Crippen molar-refractivity contribution in [2.45, 2.75) is 38.1 Å². The van der Waals surface area contributed by atoms with E-state index in [1.807, 2.05) is 6.07 Å². The SMILES string of the molecule is COCC(C)N1CCC2(CCN(C(=O)[C@H]3C[C@@H]3c3ccccc3)C2)C1. The Bertz CT molecular complexity index is 620. The maximum absolute atomic E-state index is 12.9. The molecule has 0 aromatic heterocycles. The number of ether oxygens (including phenoxy) is 1. The van der Waals surface area contributed by atoms with Crippen molar-refractivity contribution in [2.24, 2.45) is 11.3 Å². The van der Waals surface area contributed by atoms with E-state index in [9.17, 15) is 4.79 Å². The van der Waals surface area contributed by atoms with Crippen LogP contribution in [0.2, 0.25) is 0 Å². The maximum Gasteiger partial charge on any atom is 0.226 e. The van der Waals surface area contributed by atoms with Crippen LogP contribution in [0.5, 0.6) is 0 Å². The fourth-order valence-electron chi connectivity index (χ4n) is 4.92. The van der Waals surface area contributed by atoms with Crippen LogP contribution in [0, 0.1) is 11.3 Å². The van der Waals surface area contributed by atoms with Crippen LogP contribution >= 0.6 is 0 Å². The lowest BCUT2D eigenvalue weighted by Crippen LogP contribution is -2.38. The summed E-state index contributed by atoms with van der Waals surface area (Å²) in [4.78, 5) is 17.6. The van der Waals surface area contributed by atoms with Crippen LogP contribution in [-0.4, -0.2) is 61.6 Å². The number of likely N-dealkylation sites (tertiary alicyclic amines) is 2. The molecule has 2 aliphatic heterocycles. The quantitative estimate of drug-likeness (QED) is 0.825. The van der Waals surface area contributed by atoms with Crippen LogP contribution in [0.3, 0.4) is 0 Å². The van der Waals surface area contributed by atoms with Gasteiger partial charge in [0.15, 0.2) is 0 Å². The molecule has 1 amide bonds. The van der Waals surface area contributed by atoms with E-state index >= 15 is 0 Å². The van der Waals surface area contributed by atoms with Gasteiger partial charge in [-0.15, -0.1) is 0 Å². The number of methoxy groups -OCH3 is 1. The van der Waals surface area contributed by atoms with Gasteiger partial charge in [0.2, 0.25) is 5.91 Å². The Kier molecular flexibility index (Phi) is 4.59. The molecule has 1 aromatic carbocycles. The van der Waals surface area contributed by atoms with E-state index in [4.69, 9.17) is 4.74 Å². The zero-order chi connectivity index (χ0) is 17.4. The van der Waals surface area contributed by atoms with E-state index in [2.05, 4.69) is 41.0 Å². The van der Waals surface area contributed by atoms with Crippen molar-refractivity contribution in [2.75, 3.05) is 39.9 Å². The van der Waals surface area contributed by atoms with Crippen molar-refractivity contribution in [3.8, 4) is 0 Å². The van der Waals surface area contributed by atoms with Gasteiger partial charge in [0.25, 0.3) is 0 Å². The van der Waals surface area contributed by atoms with Gasteiger partial charge in [-0.25, -0.2) is 0 Å². The molecule has 4 heteroatoms. The molecule has 0 bridgehead atoms. The Morgan fingerprint density at radius 3 is 2.76 bits per heavy atom. The Balaban J connectivity index is 1.33. The summed E-state index contributed by atoms with van der Waals surface area (Å²) in [6.45, 7) is 7.20. The highest BCUT2D eigenvalue weighted by atomic mass is 16.5. The number of benzene rings is 1. The molecule has 4 atom stereocenters. The summed E-state index contributed by atoms with van der Waals surface area (Å²) in [5.41, 5.74) is 1.66. The fraction of sp³-hybridized carbons (Fsp3) is 0.667. The largest absolute Gasteiger partial charge is 0.383 e. The van der Waals surface area contributed by atoms with Crippen LogP contribution in [0.4, 0.5) is 0 Å². The van der Waals surface area contributed by atoms with Gasteiger partial charge in [-0.1, -0.05) is 30.3 Å². The van der Waals surface area contributed by atoms with E-state index in [-0.39, 0.29) is 5.92 Å². The lowest BCUT2D eigenvalue weighted by molar-refractivity contribution is -0.132. The number of carbonyl (C=O) groups excluding carboxylic acids is 1. The third-order valence-electron chi connectivity index (χ3n) is 6.58. The third kappa shape index (κ3) is 3.34. The third-order valence-corrected chi connectivity index (χ3v) is 6.58. The average molecular weight is 342 g/mol. The molecule has 1 aliphatic carbocycles. The molecule has 2 unspecified atom stereocenters. The minimum atomic E-state index is 0.225. The Labute approximate surface area is 151 Å². The number of carbonyl (C=O) groups is 1. The van der Waals surface area contributed by atoms with Gasteiger partial charge in [-0.05, 0) is 44.2 Å². The first-order chi connectivity index (χ1) is 12.1. The van der Waals surface area contributed by atoms with Crippen molar-refractivity contribution < 1.29 is 9.53 Å². The standard InChI is InChI=1S/C21H30N2O2/c1-16(13-25-2)22-10-8-21(14-22)9-11-23(15-21)20(24)19-12-18(19)17-6-4-3-5-7-17/h3-7,16,18-19H,8-15H2,1-2H3/t16?,18-,19+,21?/m1/s1. The lowest BCUT2D eigenvalue weighted by Gasteiger charge is -2.27. The van der Waals surface area contributed by atoms with Gasteiger partial charge in [0.1, 0.15) is 0 Å². The second-order valence-corrected chi connectivity index (χ2v) is 8.39. The number of hydrogen-bond donors (Lipinski definition) is 0. The monoisotopic (exact) mass is 342 g/mol. The molecule has 3 aliphatic rings. The normalized spacial score (nSPS) is 33.1. The molecular weight excluding hydrogens is 312 g/mol. The molecule has 0 N–H and O–H groups in total. The molecule has 0 radical (unpaired) electrons. The van der Waals surface area contributed by atoms with E-state index in [1.54, 1.807) is 7.11 Å². The molecule has 4 rings (SSSR count). The second kappa shape index (κ2) is 6.73. The fourth-order valence-corrected chi connectivity index (χ4v) is 4.92. The van der Waals surface area contributed by atoms with Crippen LogP contribution in [-0.2, 0) is 9.53 Å². The zero-order valence-corrected chi connectivity index (χ0v) is 15.5. The van der Waals surface area contributed by atoms with Crippen LogP contribution in [0.25, 0.3) is 0 Å². The highest BCUT2D eigenvalue weighted by Crippen LogP contribution is 2.50. The lowest BCUT2D eigenvalue weighted by atomic mass is 9.86. The molecule has 25 heavy (non-hydrogen) atoms. The highest BCUT2D eigenvalue weighted by molar-refractivity contribution is 5.83. The first-order valence-corrected chi connectivity index (χ1v) is 9.69. The van der Waals surface area contributed by atoms with Crippen molar-refractivity contribution in [1.82, 2.24) is 9.80 Å². The number of amides is 1. The predicted molar refractivity (Wildman–Crippen MR) is 98.4 cm³/mol. The van der Waals surface area contributed by atoms with Crippen molar-refractivity contribution >= 4 is 5.91 Å². The summed E-state index contributed by atoms with van der Waals surface area (Å²) in [7, 11) is 1.77. The van der Waals surface area contributed by atoms with E-state index < -0.39 is 0 Å². The molecular formula is C21H30N2O2.